The summed E-state index contributed by atoms with van der Waals surface area (Å²) in [6.45, 7) is 0.807. The maximum Gasteiger partial charge on any atom is 0.172 e. The van der Waals surface area contributed by atoms with E-state index in [2.05, 4.69) is 10.6 Å². The minimum absolute atomic E-state index is 0.0484. The van der Waals surface area contributed by atoms with Crippen LogP contribution in [0.4, 0.5) is 5.69 Å². The predicted octanol–water partition coefficient (Wildman–Crippen LogP) is 2.76. The Morgan fingerprint density at radius 2 is 2.12 bits per heavy atom. The van der Waals surface area contributed by atoms with E-state index in [0.29, 0.717) is 10.1 Å². The molecule has 1 aliphatic heterocycles. The van der Waals surface area contributed by atoms with Crippen LogP contribution in [0.3, 0.4) is 0 Å². The zero-order valence-corrected chi connectivity index (χ0v) is 10.3. The van der Waals surface area contributed by atoms with Crippen LogP contribution in [0.15, 0.2) is 24.3 Å². The van der Waals surface area contributed by atoms with Gasteiger partial charge in [-0.3, -0.25) is 0 Å². The summed E-state index contributed by atoms with van der Waals surface area (Å²) in [5.41, 5.74) is 0.917. The van der Waals surface area contributed by atoms with Gasteiger partial charge in [0.1, 0.15) is 6.23 Å². The number of thiocarbonyl (C=S) groups is 1. The van der Waals surface area contributed by atoms with E-state index < -0.39 is 0 Å². The van der Waals surface area contributed by atoms with Gasteiger partial charge in [-0.1, -0.05) is 11.6 Å². The number of nitrogens with one attached hydrogen (secondary N) is 2. The summed E-state index contributed by atoms with van der Waals surface area (Å²) >= 11 is 11.0. The molecular formula is C11H13ClN2OS. The minimum Gasteiger partial charge on any atom is -0.359 e. The smallest absolute Gasteiger partial charge is 0.172 e. The SMILES string of the molecule is S=C(Nc1ccc(Cl)cc1)NC1CCCO1. The van der Waals surface area contributed by atoms with Crippen LogP contribution in [-0.2, 0) is 4.74 Å². The first-order valence-corrected chi connectivity index (χ1v) is 5.97. The molecule has 0 radical (unpaired) electrons. The van der Waals surface area contributed by atoms with E-state index in [4.69, 9.17) is 28.6 Å². The first-order valence-electron chi connectivity index (χ1n) is 5.19. The number of hydrogen-bond donors (Lipinski definition) is 2. The van der Waals surface area contributed by atoms with Gasteiger partial charge < -0.3 is 15.4 Å². The van der Waals surface area contributed by atoms with E-state index in [1.165, 1.54) is 0 Å². The fraction of sp³-hybridized carbons (Fsp3) is 0.364. The maximum atomic E-state index is 5.79. The Balaban J connectivity index is 1.84. The van der Waals surface area contributed by atoms with Crippen molar-refractivity contribution in [2.24, 2.45) is 0 Å². The molecule has 1 aliphatic rings. The van der Waals surface area contributed by atoms with Crippen LogP contribution >= 0.6 is 23.8 Å². The average Bonchev–Trinajstić information content (AvgIpc) is 2.74. The van der Waals surface area contributed by atoms with E-state index in [0.717, 1.165) is 25.1 Å². The third-order valence-corrected chi connectivity index (χ3v) is 2.80. The highest BCUT2D eigenvalue weighted by molar-refractivity contribution is 7.80. The first kappa shape index (κ1) is 11.6. The molecule has 16 heavy (non-hydrogen) atoms. The monoisotopic (exact) mass is 256 g/mol. The van der Waals surface area contributed by atoms with E-state index in [1.807, 2.05) is 24.3 Å². The van der Waals surface area contributed by atoms with Crippen molar-refractivity contribution in [3.63, 3.8) is 0 Å². The molecule has 1 atom stereocenters. The van der Waals surface area contributed by atoms with Crippen LogP contribution in [0.2, 0.25) is 5.02 Å². The molecule has 1 saturated heterocycles. The van der Waals surface area contributed by atoms with Gasteiger partial charge in [-0.2, -0.15) is 0 Å². The van der Waals surface area contributed by atoms with Crippen molar-refractivity contribution in [2.75, 3.05) is 11.9 Å². The second-order valence-electron chi connectivity index (χ2n) is 3.61. The summed E-state index contributed by atoms with van der Waals surface area (Å²) in [7, 11) is 0. The molecule has 0 spiro atoms. The van der Waals surface area contributed by atoms with Crippen molar-refractivity contribution >= 4 is 34.6 Å². The second-order valence-corrected chi connectivity index (χ2v) is 4.45. The summed E-state index contributed by atoms with van der Waals surface area (Å²) in [5, 5.41) is 7.47. The van der Waals surface area contributed by atoms with Crippen LogP contribution < -0.4 is 10.6 Å². The zero-order valence-electron chi connectivity index (χ0n) is 8.70. The lowest BCUT2D eigenvalue weighted by molar-refractivity contribution is 0.101. The van der Waals surface area contributed by atoms with E-state index in [-0.39, 0.29) is 6.23 Å². The third kappa shape index (κ3) is 3.33. The molecule has 2 rings (SSSR count). The molecule has 2 N–H and O–H groups in total. The van der Waals surface area contributed by atoms with Crippen LogP contribution in [0, 0.1) is 0 Å². The summed E-state index contributed by atoms with van der Waals surface area (Å²) in [5.74, 6) is 0. The molecule has 1 aromatic rings. The van der Waals surface area contributed by atoms with Crippen LogP contribution in [0.25, 0.3) is 0 Å². The molecule has 0 amide bonds. The Morgan fingerprint density at radius 3 is 2.75 bits per heavy atom. The van der Waals surface area contributed by atoms with Gasteiger partial charge in [0.2, 0.25) is 0 Å². The highest BCUT2D eigenvalue weighted by Crippen LogP contribution is 2.14. The van der Waals surface area contributed by atoms with Gasteiger partial charge in [-0.05, 0) is 49.3 Å². The number of benzene rings is 1. The fourth-order valence-electron chi connectivity index (χ4n) is 1.54. The van der Waals surface area contributed by atoms with Crippen molar-refractivity contribution in [2.45, 2.75) is 19.1 Å². The molecular weight excluding hydrogens is 244 g/mol. The Hall–Kier alpha value is -0.840. The fourth-order valence-corrected chi connectivity index (χ4v) is 1.91. The quantitative estimate of drug-likeness (QED) is 0.798. The van der Waals surface area contributed by atoms with Gasteiger partial charge in [0.15, 0.2) is 5.11 Å². The lowest BCUT2D eigenvalue weighted by Crippen LogP contribution is -2.37. The Labute approximate surface area is 105 Å². The molecule has 1 aromatic carbocycles. The zero-order chi connectivity index (χ0) is 11.4. The molecule has 86 valence electrons. The highest BCUT2D eigenvalue weighted by atomic mass is 35.5. The number of rotatable bonds is 2. The molecule has 0 aromatic heterocycles. The molecule has 0 aliphatic carbocycles. The Bertz CT molecular complexity index is 363. The molecule has 1 unspecified atom stereocenters. The lowest BCUT2D eigenvalue weighted by atomic mass is 10.3. The van der Waals surface area contributed by atoms with Gasteiger partial charge >= 0.3 is 0 Å². The van der Waals surface area contributed by atoms with Gasteiger partial charge in [0, 0.05) is 17.3 Å². The minimum atomic E-state index is 0.0484. The van der Waals surface area contributed by atoms with Crippen LogP contribution in [0.1, 0.15) is 12.8 Å². The number of halogens is 1. The highest BCUT2D eigenvalue weighted by Gasteiger charge is 2.15. The summed E-state index contributed by atoms with van der Waals surface area (Å²) in [4.78, 5) is 0. The molecule has 0 bridgehead atoms. The summed E-state index contributed by atoms with van der Waals surface area (Å²) in [6.07, 6.45) is 2.14. The second kappa shape index (κ2) is 5.48. The van der Waals surface area contributed by atoms with Gasteiger partial charge in [-0.25, -0.2) is 0 Å². The number of hydrogen-bond acceptors (Lipinski definition) is 2. The van der Waals surface area contributed by atoms with Crippen LogP contribution in [0.5, 0.6) is 0 Å². The van der Waals surface area contributed by atoms with Gasteiger partial charge in [0.05, 0.1) is 0 Å². The molecule has 3 nitrogen and oxygen atoms in total. The van der Waals surface area contributed by atoms with Crippen molar-refractivity contribution in [1.29, 1.82) is 0 Å². The van der Waals surface area contributed by atoms with Gasteiger partial charge in [0.25, 0.3) is 0 Å². The normalized spacial score (nSPS) is 19.4. The van der Waals surface area contributed by atoms with Gasteiger partial charge in [-0.15, -0.1) is 0 Å². The third-order valence-electron chi connectivity index (χ3n) is 2.32. The predicted molar refractivity (Wildman–Crippen MR) is 69.8 cm³/mol. The first-order chi connectivity index (χ1) is 7.74. The Morgan fingerprint density at radius 1 is 1.38 bits per heavy atom. The van der Waals surface area contributed by atoms with Crippen LogP contribution in [-0.4, -0.2) is 17.9 Å². The lowest BCUT2D eigenvalue weighted by Gasteiger charge is -2.15. The number of anilines is 1. The van der Waals surface area contributed by atoms with Crippen molar-refractivity contribution in [1.82, 2.24) is 5.32 Å². The van der Waals surface area contributed by atoms with E-state index >= 15 is 0 Å². The summed E-state index contributed by atoms with van der Waals surface area (Å²) < 4.78 is 5.42. The maximum absolute atomic E-state index is 5.79. The van der Waals surface area contributed by atoms with Crippen molar-refractivity contribution in [3.8, 4) is 0 Å². The van der Waals surface area contributed by atoms with Crippen molar-refractivity contribution in [3.05, 3.63) is 29.3 Å². The largest absolute Gasteiger partial charge is 0.359 e. The molecule has 1 heterocycles. The molecule has 0 saturated carbocycles. The number of ether oxygens (including phenoxy) is 1. The van der Waals surface area contributed by atoms with Crippen molar-refractivity contribution < 1.29 is 4.74 Å². The Kier molecular flexibility index (Phi) is 3.98. The van der Waals surface area contributed by atoms with E-state index in [9.17, 15) is 0 Å². The molecule has 1 fully saturated rings. The average molecular weight is 257 g/mol. The standard InChI is InChI=1S/C11H13ClN2OS/c12-8-3-5-9(6-4-8)13-11(16)14-10-2-1-7-15-10/h3-6,10H,1-2,7H2,(H2,13,14,16). The summed E-state index contributed by atoms with van der Waals surface area (Å²) in [6, 6.07) is 7.40. The topological polar surface area (TPSA) is 33.3 Å². The van der Waals surface area contributed by atoms with E-state index in [1.54, 1.807) is 0 Å². The molecule has 5 heteroatoms.